The number of nitrogens with one attached hydrogen (secondary N) is 1. The van der Waals surface area contributed by atoms with Gasteiger partial charge in [-0.15, -0.1) is 0 Å². The first-order valence-corrected chi connectivity index (χ1v) is 9.49. The number of fused-ring (bicyclic) bond motifs is 1. The van der Waals surface area contributed by atoms with Crippen molar-refractivity contribution in [3.63, 3.8) is 0 Å². The van der Waals surface area contributed by atoms with Crippen molar-refractivity contribution in [2.75, 3.05) is 5.32 Å². The standard InChI is InChI=1S/C22H16ClFN4/c23-18-11-16(6-7-19(18)24)26-22-17-10-14(13-3-4-13)5-8-20(17)27-21(28-22)15-2-1-9-25-12-15/h1-2,5-13H,3-4H2,(H,26,27,28). The van der Waals surface area contributed by atoms with E-state index in [1.165, 1.54) is 24.5 Å². The van der Waals surface area contributed by atoms with Crippen LogP contribution in [0.25, 0.3) is 22.3 Å². The highest BCUT2D eigenvalue weighted by Gasteiger charge is 2.24. The van der Waals surface area contributed by atoms with Crippen LogP contribution in [-0.4, -0.2) is 15.0 Å². The van der Waals surface area contributed by atoms with E-state index in [1.807, 2.05) is 18.2 Å². The lowest BCUT2D eigenvalue weighted by Crippen LogP contribution is -2.00. The maximum atomic E-state index is 13.5. The van der Waals surface area contributed by atoms with Gasteiger partial charge in [0.1, 0.15) is 11.6 Å². The molecule has 5 rings (SSSR count). The van der Waals surface area contributed by atoms with E-state index in [2.05, 4.69) is 22.4 Å². The first-order chi connectivity index (χ1) is 13.7. The normalized spacial score (nSPS) is 13.6. The number of rotatable bonds is 4. The highest BCUT2D eigenvalue weighted by atomic mass is 35.5. The quantitative estimate of drug-likeness (QED) is 0.457. The molecular formula is C22H16ClFN4. The van der Waals surface area contributed by atoms with E-state index in [-0.39, 0.29) is 5.02 Å². The summed E-state index contributed by atoms with van der Waals surface area (Å²) in [5.74, 6) is 1.41. The minimum atomic E-state index is -0.452. The molecule has 1 aliphatic rings. The van der Waals surface area contributed by atoms with Crippen LogP contribution in [-0.2, 0) is 0 Å². The summed E-state index contributed by atoms with van der Waals surface area (Å²) < 4.78 is 13.5. The second-order valence-corrected chi connectivity index (χ2v) is 7.35. The van der Waals surface area contributed by atoms with E-state index in [4.69, 9.17) is 21.6 Å². The summed E-state index contributed by atoms with van der Waals surface area (Å²) in [6.45, 7) is 0. The summed E-state index contributed by atoms with van der Waals surface area (Å²) in [6.07, 6.45) is 5.89. The molecule has 0 atom stereocenters. The second-order valence-electron chi connectivity index (χ2n) is 6.94. The van der Waals surface area contributed by atoms with Gasteiger partial charge in [0.25, 0.3) is 0 Å². The third kappa shape index (κ3) is 3.29. The molecule has 0 unspecified atom stereocenters. The Balaban J connectivity index is 1.66. The fourth-order valence-electron chi connectivity index (χ4n) is 3.25. The van der Waals surface area contributed by atoms with Gasteiger partial charge >= 0.3 is 0 Å². The fraction of sp³-hybridized carbons (Fsp3) is 0.136. The molecule has 0 saturated heterocycles. The van der Waals surface area contributed by atoms with Crippen LogP contribution in [0.4, 0.5) is 15.9 Å². The van der Waals surface area contributed by atoms with Crippen molar-refractivity contribution >= 4 is 34.0 Å². The fourth-order valence-corrected chi connectivity index (χ4v) is 3.43. The number of anilines is 2. The van der Waals surface area contributed by atoms with Crippen LogP contribution in [0, 0.1) is 5.82 Å². The molecule has 0 radical (unpaired) electrons. The molecule has 2 aromatic heterocycles. The minimum absolute atomic E-state index is 0.0644. The minimum Gasteiger partial charge on any atom is -0.340 e. The van der Waals surface area contributed by atoms with Crippen molar-refractivity contribution in [3.8, 4) is 11.4 Å². The monoisotopic (exact) mass is 390 g/mol. The SMILES string of the molecule is Fc1ccc(Nc2nc(-c3cccnc3)nc3ccc(C4CC4)cc23)cc1Cl. The molecule has 1 N–H and O–H groups in total. The highest BCUT2D eigenvalue weighted by molar-refractivity contribution is 6.31. The molecule has 138 valence electrons. The van der Waals surface area contributed by atoms with Crippen molar-refractivity contribution < 1.29 is 4.39 Å². The largest absolute Gasteiger partial charge is 0.340 e. The summed E-state index contributed by atoms with van der Waals surface area (Å²) in [5, 5.41) is 4.28. The molecule has 4 aromatic rings. The molecule has 1 aliphatic carbocycles. The van der Waals surface area contributed by atoms with Gasteiger partial charge in [-0.3, -0.25) is 4.98 Å². The Kier molecular flexibility index (Phi) is 4.17. The maximum Gasteiger partial charge on any atom is 0.163 e. The summed E-state index contributed by atoms with van der Waals surface area (Å²) in [5.41, 5.74) is 3.63. The van der Waals surface area contributed by atoms with Crippen LogP contribution in [0.5, 0.6) is 0 Å². The van der Waals surface area contributed by atoms with Gasteiger partial charge in [-0.2, -0.15) is 0 Å². The zero-order valence-corrected chi connectivity index (χ0v) is 15.6. The van der Waals surface area contributed by atoms with Gasteiger partial charge in [-0.1, -0.05) is 17.7 Å². The smallest absolute Gasteiger partial charge is 0.163 e. The molecule has 0 bridgehead atoms. The summed E-state index contributed by atoms with van der Waals surface area (Å²) in [7, 11) is 0. The molecule has 0 aliphatic heterocycles. The molecular weight excluding hydrogens is 375 g/mol. The molecule has 28 heavy (non-hydrogen) atoms. The van der Waals surface area contributed by atoms with Gasteiger partial charge < -0.3 is 5.32 Å². The number of halogens is 2. The van der Waals surface area contributed by atoms with E-state index in [9.17, 15) is 4.39 Å². The lowest BCUT2D eigenvalue weighted by molar-refractivity contribution is 0.628. The zero-order valence-electron chi connectivity index (χ0n) is 14.9. The summed E-state index contributed by atoms with van der Waals surface area (Å²) in [4.78, 5) is 13.6. The highest BCUT2D eigenvalue weighted by Crippen LogP contribution is 2.41. The number of pyridine rings is 1. The predicted octanol–water partition coefficient (Wildman–Crippen LogP) is 6.11. The number of hydrogen-bond donors (Lipinski definition) is 1. The Labute approximate surface area is 166 Å². The van der Waals surface area contributed by atoms with Gasteiger partial charge in [-0.25, -0.2) is 14.4 Å². The lowest BCUT2D eigenvalue weighted by Gasteiger charge is -2.12. The van der Waals surface area contributed by atoms with Crippen molar-refractivity contribution in [1.82, 2.24) is 15.0 Å². The van der Waals surface area contributed by atoms with Crippen LogP contribution < -0.4 is 5.32 Å². The van der Waals surface area contributed by atoms with Crippen LogP contribution in [0.15, 0.2) is 60.9 Å². The van der Waals surface area contributed by atoms with Crippen molar-refractivity contribution in [2.24, 2.45) is 0 Å². The predicted molar refractivity (Wildman–Crippen MR) is 109 cm³/mol. The molecule has 2 heterocycles. The van der Waals surface area contributed by atoms with Crippen molar-refractivity contribution in [2.45, 2.75) is 18.8 Å². The average molecular weight is 391 g/mol. The molecule has 1 saturated carbocycles. The summed E-state index contributed by atoms with van der Waals surface area (Å²) >= 11 is 5.94. The van der Waals surface area contributed by atoms with Gasteiger partial charge in [0.05, 0.1) is 10.5 Å². The molecule has 6 heteroatoms. The third-order valence-corrected chi connectivity index (χ3v) is 5.16. The Hall–Kier alpha value is -3.05. The topological polar surface area (TPSA) is 50.7 Å². The number of hydrogen-bond acceptors (Lipinski definition) is 4. The van der Waals surface area contributed by atoms with E-state index in [0.717, 1.165) is 16.5 Å². The molecule has 4 nitrogen and oxygen atoms in total. The van der Waals surface area contributed by atoms with E-state index in [1.54, 1.807) is 24.5 Å². The summed E-state index contributed by atoms with van der Waals surface area (Å²) in [6, 6.07) is 14.6. The van der Waals surface area contributed by atoms with Gasteiger partial charge in [-0.05, 0) is 66.8 Å². The second kappa shape index (κ2) is 6.84. The van der Waals surface area contributed by atoms with Gasteiger partial charge in [0.15, 0.2) is 5.82 Å². The third-order valence-electron chi connectivity index (χ3n) is 4.87. The zero-order chi connectivity index (χ0) is 19.1. The Morgan fingerprint density at radius 2 is 1.93 bits per heavy atom. The molecule has 1 fully saturated rings. The van der Waals surface area contributed by atoms with Gasteiger partial charge in [0, 0.05) is 29.0 Å². The van der Waals surface area contributed by atoms with Crippen LogP contribution in [0.1, 0.15) is 24.3 Å². The van der Waals surface area contributed by atoms with Crippen LogP contribution in [0.3, 0.4) is 0 Å². The molecule has 2 aromatic carbocycles. The van der Waals surface area contributed by atoms with Crippen LogP contribution in [0.2, 0.25) is 5.02 Å². The lowest BCUT2D eigenvalue weighted by atomic mass is 10.1. The Morgan fingerprint density at radius 1 is 1.04 bits per heavy atom. The first kappa shape index (κ1) is 17.1. The number of nitrogens with zero attached hydrogens (tertiary/aromatic N) is 3. The average Bonchev–Trinajstić information content (AvgIpc) is 3.56. The van der Waals surface area contributed by atoms with E-state index < -0.39 is 5.82 Å². The molecule has 0 spiro atoms. The van der Waals surface area contributed by atoms with Gasteiger partial charge in [0.2, 0.25) is 0 Å². The van der Waals surface area contributed by atoms with E-state index >= 15 is 0 Å². The van der Waals surface area contributed by atoms with E-state index in [0.29, 0.717) is 23.2 Å². The number of aromatic nitrogens is 3. The molecule has 0 amide bonds. The Bertz CT molecular complexity index is 1180. The van der Waals surface area contributed by atoms with Crippen molar-refractivity contribution in [3.05, 3.63) is 77.3 Å². The van der Waals surface area contributed by atoms with Crippen molar-refractivity contribution in [1.29, 1.82) is 0 Å². The van der Waals surface area contributed by atoms with Crippen LogP contribution >= 0.6 is 11.6 Å². The maximum absolute atomic E-state index is 13.5. The Morgan fingerprint density at radius 3 is 2.68 bits per heavy atom. The number of benzene rings is 2. The first-order valence-electron chi connectivity index (χ1n) is 9.11.